The third kappa shape index (κ3) is 6.18. The summed E-state index contributed by atoms with van der Waals surface area (Å²) in [5, 5.41) is 16.1. The van der Waals surface area contributed by atoms with Gasteiger partial charge in [-0.3, -0.25) is 4.79 Å². The predicted molar refractivity (Wildman–Crippen MR) is 113 cm³/mol. The molecule has 3 rings (SSSR count). The first-order chi connectivity index (χ1) is 14.1. The van der Waals surface area contributed by atoms with Crippen molar-refractivity contribution in [2.45, 2.75) is 45.7 Å². The molecule has 1 aromatic rings. The molecule has 0 spiro atoms. The van der Waals surface area contributed by atoms with Gasteiger partial charge in [0.15, 0.2) is 5.96 Å². The Balaban J connectivity index is 1.59. The van der Waals surface area contributed by atoms with Gasteiger partial charge in [0.05, 0.1) is 13.2 Å². The van der Waals surface area contributed by atoms with E-state index in [2.05, 4.69) is 28.8 Å². The van der Waals surface area contributed by atoms with Crippen LogP contribution in [0.3, 0.4) is 0 Å². The van der Waals surface area contributed by atoms with E-state index in [4.69, 9.17) is 9.73 Å². The minimum absolute atomic E-state index is 0.0207. The summed E-state index contributed by atoms with van der Waals surface area (Å²) < 4.78 is 5.57. The fourth-order valence-electron chi connectivity index (χ4n) is 4.01. The van der Waals surface area contributed by atoms with Crippen molar-refractivity contribution in [3.63, 3.8) is 0 Å². The van der Waals surface area contributed by atoms with Crippen molar-refractivity contribution in [1.29, 1.82) is 0 Å². The largest absolute Gasteiger partial charge is 0.396 e. The quantitative estimate of drug-likeness (QED) is 0.432. The Kier molecular flexibility index (Phi) is 7.89. The number of aliphatic hydroxyl groups is 1. The van der Waals surface area contributed by atoms with Gasteiger partial charge in [0.2, 0.25) is 5.91 Å². The van der Waals surface area contributed by atoms with E-state index in [-0.39, 0.29) is 17.9 Å². The molecule has 0 bridgehead atoms. The van der Waals surface area contributed by atoms with E-state index < -0.39 is 0 Å². The number of carbonyl (C=O) groups excluding carboxylic acids is 1. The minimum Gasteiger partial charge on any atom is -0.396 e. The van der Waals surface area contributed by atoms with Gasteiger partial charge in [0.25, 0.3) is 0 Å². The van der Waals surface area contributed by atoms with Crippen LogP contribution in [0.2, 0.25) is 0 Å². The number of amides is 1. The van der Waals surface area contributed by atoms with Gasteiger partial charge in [-0.15, -0.1) is 0 Å². The van der Waals surface area contributed by atoms with Crippen molar-refractivity contribution in [1.82, 2.24) is 15.5 Å². The van der Waals surface area contributed by atoms with Crippen LogP contribution in [-0.4, -0.2) is 61.3 Å². The van der Waals surface area contributed by atoms with Gasteiger partial charge in [-0.2, -0.15) is 0 Å². The lowest BCUT2D eigenvalue weighted by atomic mass is 9.84. The molecule has 7 nitrogen and oxygen atoms in total. The van der Waals surface area contributed by atoms with E-state index in [0.717, 1.165) is 62.6 Å². The van der Waals surface area contributed by atoms with Gasteiger partial charge in [-0.25, -0.2) is 4.99 Å². The predicted octanol–water partition coefficient (Wildman–Crippen LogP) is 1.65. The Morgan fingerprint density at radius 1 is 1.34 bits per heavy atom. The van der Waals surface area contributed by atoms with Crippen LogP contribution in [0, 0.1) is 5.41 Å². The highest BCUT2D eigenvalue weighted by molar-refractivity contribution is 5.79. The number of guanidine groups is 1. The summed E-state index contributed by atoms with van der Waals surface area (Å²) in [6.45, 7) is 7.27. The van der Waals surface area contributed by atoms with Crippen LogP contribution in [0.1, 0.15) is 43.7 Å². The average molecular weight is 403 g/mol. The fraction of sp³-hybridized carbons (Fsp3) is 0.636. The zero-order valence-electron chi connectivity index (χ0n) is 17.5. The number of aliphatic hydroxyl groups excluding tert-OH is 1. The van der Waals surface area contributed by atoms with E-state index in [9.17, 15) is 9.90 Å². The first kappa shape index (κ1) is 21.6. The highest BCUT2D eigenvalue weighted by atomic mass is 16.5. The van der Waals surface area contributed by atoms with Crippen molar-refractivity contribution in [2.75, 3.05) is 39.5 Å². The number of hydrogen-bond acceptors (Lipinski definition) is 4. The third-order valence-electron chi connectivity index (χ3n) is 5.76. The molecule has 0 radical (unpaired) electrons. The molecule has 160 valence electrons. The van der Waals surface area contributed by atoms with Crippen LogP contribution in [-0.2, 0) is 22.6 Å². The number of ether oxygens (including phenoxy) is 1. The minimum atomic E-state index is -0.0207. The fourth-order valence-corrected chi connectivity index (χ4v) is 4.01. The van der Waals surface area contributed by atoms with Crippen molar-refractivity contribution in [3.8, 4) is 0 Å². The van der Waals surface area contributed by atoms with Gasteiger partial charge in [-0.05, 0) is 37.3 Å². The lowest BCUT2D eigenvalue weighted by Crippen LogP contribution is -2.44. The van der Waals surface area contributed by atoms with Crippen LogP contribution in [0.5, 0.6) is 0 Å². The highest BCUT2D eigenvalue weighted by Crippen LogP contribution is 2.31. The maximum absolute atomic E-state index is 11.9. The second-order valence-corrected chi connectivity index (χ2v) is 8.06. The van der Waals surface area contributed by atoms with Crippen LogP contribution in [0.15, 0.2) is 29.3 Å². The zero-order chi connectivity index (χ0) is 20.5. The molecule has 2 aliphatic rings. The van der Waals surface area contributed by atoms with E-state index in [1.807, 2.05) is 17.9 Å². The van der Waals surface area contributed by atoms with E-state index in [1.165, 1.54) is 0 Å². The average Bonchev–Trinajstić information content (AvgIpc) is 3.34. The van der Waals surface area contributed by atoms with Gasteiger partial charge >= 0.3 is 0 Å². The van der Waals surface area contributed by atoms with Gasteiger partial charge in [-0.1, -0.05) is 24.3 Å². The van der Waals surface area contributed by atoms with Crippen molar-refractivity contribution in [3.05, 3.63) is 35.4 Å². The second-order valence-electron chi connectivity index (χ2n) is 8.06. The van der Waals surface area contributed by atoms with E-state index in [1.54, 1.807) is 0 Å². The molecule has 1 aromatic carbocycles. The second kappa shape index (κ2) is 10.6. The maximum Gasteiger partial charge on any atom is 0.222 e. The Labute approximate surface area is 173 Å². The molecule has 1 unspecified atom stereocenters. The number of nitrogens with one attached hydrogen (secondary N) is 2. The molecule has 2 heterocycles. The first-order valence-corrected chi connectivity index (χ1v) is 10.7. The molecule has 29 heavy (non-hydrogen) atoms. The summed E-state index contributed by atoms with van der Waals surface area (Å²) in [7, 11) is 0. The molecule has 1 atom stereocenters. The van der Waals surface area contributed by atoms with Crippen LogP contribution in [0.25, 0.3) is 0 Å². The number of rotatable bonds is 9. The van der Waals surface area contributed by atoms with Crippen LogP contribution >= 0.6 is 0 Å². The summed E-state index contributed by atoms with van der Waals surface area (Å²) in [4.78, 5) is 18.5. The monoisotopic (exact) mass is 402 g/mol. The summed E-state index contributed by atoms with van der Waals surface area (Å²) in [5.41, 5.74) is 2.25. The molecule has 0 aromatic heterocycles. The Hall–Kier alpha value is -2.12. The van der Waals surface area contributed by atoms with Crippen molar-refractivity contribution in [2.24, 2.45) is 10.4 Å². The topological polar surface area (TPSA) is 86.2 Å². The number of nitrogens with zero attached hydrogens (tertiary/aromatic N) is 2. The van der Waals surface area contributed by atoms with Crippen LogP contribution < -0.4 is 10.6 Å². The number of likely N-dealkylation sites (tertiary alicyclic amines) is 1. The van der Waals surface area contributed by atoms with Gasteiger partial charge < -0.3 is 25.4 Å². The van der Waals surface area contributed by atoms with Crippen LogP contribution in [0.4, 0.5) is 0 Å². The summed E-state index contributed by atoms with van der Waals surface area (Å²) in [5.74, 6) is 1.02. The normalized spacial score (nSPS) is 22.3. The molecule has 0 saturated carbocycles. The SMILES string of the molecule is CCNC(=NCc1cccc(CN2CCCC2=O)c1)NCC1(CCO)CCOC1. The lowest BCUT2D eigenvalue weighted by molar-refractivity contribution is -0.128. The molecule has 7 heteroatoms. The molecular weight excluding hydrogens is 368 g/mol. The highest BCUT2D eigenvalue weighted by Gasteiger charge is 2.34. The molecule has 2 saturated heterocycles. The Morgan fingerprint density at radius 3 is 2.90 bits per heavy atom. The maximum atomic E-state index is 11.9. The standard InChI is InChI=1S/C22H34N4O3/c1-2-23-21(25-16-22(8-11-27)9-12-29-17-22)24-14-18-5-3-6-19(13-18)15-26-10-4-7-20(26)28/h3,5-6,13,27H,2,4,7-12,14-17H2,1H3,(H2,23,24,25). The third-order valence-corrected chi connectivity index (χ3v) is 5.76. The van der Waals surface area contributed by atoms with Crippen molar-refractivity contribution >= 4 is 11.9 Å². The molecule has 2 fully saturated rings. The molecule has 3 N–H and O–H groups in total. The smallest absolute Gasteiger partial charge is 0.222 e. The molecular formula is C22H34N4O3. The number of aliphatic imine (C=N–C) groups is 1. The molecule has 2 aliphatic heterocycles. The number of hydrogen-bond donors (Lipinski definition) is 3. The number of carbonyl (C=O) groups is 1. The van der Waals surface area contributed by atoms with E-state index in [0.29, 0.717) is 26.1 Å². The Morgan fingerprint density at radius 2 is 2.21 bits per heavy atom. The Bertz CT molecular complexity index is 701. The number of benzene rings is 1. The zero-order valence-corrected chi connectivity index (χ0v) is 17.5. The first-order valence-electron chi connectivity index (χ1n) is 10.7. The summed E-state index contributed by atoms with van der Waals surface area (Å²) in [6, 6.07) is 8.31. The lowest BCUT2D eigenvalue weighted by Gasteiger charge is -2.27. The van der Waals surface area contributed by atoms with Gasteiger partial charge in [0, 0.05) is 51.2 Å². The van der Waals surface area contributed by atoms with E-state index >= 15 is 0 Å². The van der Waals surface area contributed by atoms with Gasteiger partial charge in [0.1, 0.15) is 0 Å². The molecule has 0 aliphatic carbocycles. The molecule has 1 amide bonds. The van der Waals surface area contributed by atoms with Crippen molar-refractivity contribution < 1.29 is 14.6 Å². The summed E-state index contributed by atoms with van der Waals surface area (Å²) >= 11 is 0. The summed E-state index contributed by atoms with van der Waals surface area (Å²) in [6.07, 6.45) is 3.32.